The summed E-state index contributed by atoms with van der Waals surface area (Å²) in [5, 5.41) is 22.8. The minimum Gasteiger partial charge on any atom is -0.316 e. The van der Waals surface area contributed by atoms with E-state index in [1.54, 1.807) is 12.1 Å². The number of nitriles is 1. The topological polar surface area (TPSA) is 83.6 Å². The zero-order chi connectivity index (χ0) is 20.4. The van der Waals surface area contributed by atoms with Crippen molar-refractivity contribution in [3.05, 3.63) is 45.3 Å². The molecule has 3 aromatic rings. The Hall–Kier alpha value is -2.34. The molecule has 1 aliphatic rings. The van der Waals surface area contributed by atoms with Gasteiger partial charge in [-0.3, -0.25) is 4.79 Å². The summed E-state index contributed by atoms with van der Waals surface area (Å²) in [5.74, 6) is 0.753. The van der Waals surface area contributed by atoms with Gasteiger partial charge in [0.25, 0.3) is 0 Å². The number of hydrogen-bond acceptors (Lipinski definition) is 6. The van der Waals surface area contributed by atoms with Gasteiger partial charge in [-0.25, -0.2) is 0 Å². The van der Waals surface area contributed by atoms with E-state index in [0.29, 0.717) is 26.6 Å². The van der Waals surface area contributed by atoms with Crippen molar-refractivity contribution in [1.82, 2.24) is 14.8 Å². The largest absolute Gasteiger partial charge is 0.316 e. The van der Waals surface area contributed by atoms with Gasteiger partial charge in [0.05, 0.1) is 11.3 Å². The highest BCUT2D eigenvalue weighted by atomic mass is 35.5. The molecule has 1 N–H and O–H groups in total. The number of thioether (sulfide) groups is 1. The van der Waals surface area contributed by atoms with Crippen LogP contribution in [0.25, 0.3) is 11.4 Å². The van der Waals surface area contributed by atoms with Crippen molar-refractivity contribution in [3.8, 4) is 17.5 Å². The molecule has 0 saturated heterocycles. The van der Waals surface area contributed by atoms with Crippen LogP contribution in [0.15, 0.2) is 29.4 Å². The Bertz CT molecular complexity index is 1100. The number of rotatable bonds is 5. The summed E-state index contributed by atoms with van der Waals surface area (Å²) in [6.45, 7) is 0. The third kappa shape index (κ3) is 4.17. The molecule has 0 radical (unpaired) electrons. The molecule has 0 aliphatic heterocycles. The summed E-state index contributed by atoms with van der Waals surface area (Å²) < 4.78 is 1.85. The average molecular weight is 444 g/mol. The van der Waals surface area contributed by atoms with Gasteiger partial charge in [-0.15, -0.1) is 21.5 Å². The molecule has 1 aromatic carbocycles. The summed E-state index contributed by atoms with van der Waals surface area (Å²) in [4.78, 5) is 13.7. The predicted octanol–water partition coefficient (Wildman–Crippen LogP) is 4.68. The number of nitrogens with one attached hydrogen (secondary N) is 1. The zero-order valence-corrected chi connectivity index (χ0v) is 18.1. The van der Waals surface area contributed by atoms with Crippen LogP contribution in [0.4, 0.5) is 5.00 Å². The number of carbonyl (C=O) groups is 1. The highest BCUT2D eigenvalue weighted by Gasteiger charge is 2.22. The molecule has 0 fully saturated rings. The van der Waals surface area contributed by atoms with Gasteiger partial charge in [-0.05, 0) is 55.5 Å². The van der Waals surface area contributed by atoms with E-state index >= 15 is 0 Å². The Balaban J connectivity index is 1.43. The fourth-order valence-electron chi connectivity index (χ4n) is 3.36. The maximum atomic E-state index is 12.5. The third-order valence-corrected chi connectivity index (χ3v) is 7.29. The fraction of sp³-hybridized carbons (Fsp3) is 0.300. The quantitative estimate of drug-likeness (QED) is 0.579. The first-order chi connectivity index (χ1) is 14.1. The van der Waals surface area contributed by atoms with Gasteiger partial charge >= 0.3 is 0 Å². The van der Waals surface area contributed by atoms with E-state index in [1.807, 2.05) is 23.7 Å². The molecule has 0 unspecified atom stereocenters. The van der Waals surface area contributed by atoms with Crippen LogP contribution in [0.1, 0.15) is 28.8 Å². The van der Waals surface area contributed by atoms with Crippen molar-refractivity contribution in [2.24, 2.45) is 7.05 Å². The second kappa shape index (κ2) is 8.57. The molecule has 0 saturated carbocycles. The van der Waals surface area contributed by atoms with E-state index in [0.717, 1.165) is 36.8 Å². The summed E-state index contributed by atoms with van der Waals surface area (Å²) in [7, 11) is 1.87. The van der Waals surface area contributed by atoms with E-state index in [1.165, 1.54) is 28.0 Å². The molecule has 2 heterocycles. The number of benzene rings is 1. The van der Waals surface area contributed by atoms with Gasteiger partial charge in [-0.1, -0.05) is 23.4 Å². The Morgan fingerprint density at radius 2 is 2.07 bits per heavy atom. The molecule has 0 atom stereocenters. The van der Waals surface area contributed by atoms with Crippen LogP contribution in [-0.2, 0) is 24.7 Å². The molecule has 29 heavy (non-hydrogen) atoms. The van der Waals surface area contributed by atoms with E-state index in [2.05, 4.69) is 21.6 Å². The van der Waals surface area contributed by atoms with E-state index < -0.39 is 0 Å². The third-order valence-electron chi connectivity index (χ3n) is 4.81. The lowest BCUT2D eigenvalue weighted by Crippen LogP contribution is -2.14. The minimum absolute atomic E-state index is 0.152. The van der Waals surface area contributed by atoms with Crippen molar-refractivity contribution < 1.29 is 4.79 Å². The number of carbonyl (C=O) groups excluding carboxylic acids is 1. The first-order valence-corrected chi connectivity index (χ1v) is 11.4. The number of thiophene rings is 1. The Morgan fingerprint density at radius 1 is 1.31 bits per heavy atom. The van der Waals surface area contributed by atoms with Crippen LogP contribution in [-0.4, -0.2) is 26.4 Å². The van der Waals surface area contributed by atoms with Crippen LogP contribution in [0, 0.1) is 11.3 Å². The van der Waals surface area contributed by atoms with Crippen molar-refractivity contribution >= 4 is 45.6 Å². The molecular weight excluding hydrogens is 426 g/mol. The number of amides is 1. The molecule has 2 aromatic heterocycles. The number of anilines is 1. The van der Waals surface area contributed by atoms with Crippen LogP contribution < -0.4 is 5.32 Å². The maximum Gasteiger partial charge on any atom is 0.235 e. The molecule has 0 bridgehead atoms. The van der Waals surface area contributed by atoms with E-state index in [4.69, 9.17) is 11.6 Å². The van der Waals surface area contributed by atoms with Crippen LogP contribution in [0.3, 0.4) is 0 Å². The van der Waals surface area contributed by atoms with Crippen molar-refractivity contribution in [2.45, 2.75) is 30.8 Å². The summed E-state index contributed by atoms with van der Waals surface area (Å²) >= 11 is 8.79. The lowest BCUT2D eigenvalue weighted by Gasteiger charge is -2.09. The summed E-state index contributed by atoms with van der Waals surface area (Å²) in [6, 6.07) is 9.65. The number of hydrogen-bond donors (Lipinski definition) is 1. The molecule has 0 spiro atoms. The monoisotopic (exact) mass is 443 g/mol. The van der Waals surface area contributed by atoms with Gasteiger partial charge in [-0.2, -0.15) is 5.26 Å². The van der Waals surface area contributed by atoms with Gasteiger partial charge < -0.3 is 9.88 Å². The smallest absolute Gasteiger partial charge is 0.235 e. The Kier molecular flexibility index (Phi) is 5.90. The summed E-state index contributed by atoms with van der Waals surface area (Å²) in [5.41, 5.74) is 2.66. The fourth-order valence-corrected chi connectivity index (χ4v) is 5.45. The van der Waals surface area contributed by atoms with Crippen LogP contribution in [0.5, 0.6) is 0 Å². The number of nitrogens with zero attached hydrogens (tertiary/aromatic N) is 4. The number of aryl methyl sites for hydroxylation is 1. The number of aromatic nitrogens is 3. The molecule has 4 rings (SSSR count). The van der Waals surface area contributed by atoms with Crippen molar-refractivity contribution in [1.29, 1.82) is 5.26 Å². The van der Waals surface area contributed by atoms with Crippen molar-refractivity contribution in [3.63, 3.8) is 0 Å². The lowest BCUT2D eigenvalue weighted by atomic mass is 9.96. The summed E-state index contributed by atoms with van der Waals surface area (Å²) in [6.07, 6.45) is 4.16. The molecule has 148 valence electrons. The van der Waals surface area contributed by atoms with Gasteiger partial charge in [0.15, 0.2) is 11.0 Å². The Morgan fingerprint density at radius 3 is 2.83 bits per heavy atom. The van der Waals surface area contributed by atoms with Gasteiger partial charge in [0.1, 0.15) is 11.1 Å². The number of halogens is 1. The lowest BCUT2D eigenvalue weighted by molar-refractivity contribution is -0.113. The van der Waals surface area contributed by atoms with Gasteiger partial charge in [0, 0.05) is 22.5 Å². The molecule has 1 amide bonds. The second-order valence-corrected chi connectivity index (χ2v) is 9.22. The average Bonchev–Trinajstić information content (AvgIpc) is 3.26. The van der Waals surface area contributed by atoms with E-state index in [-0.39, 0.29) is 11.7 Å². The SMILES string of the molecule is Cn1c(SCC(=O)Nc2sc3c(c2C#N)CCCC3)nnc1-c1ccc(Cl)cc1. The highest BCUT2D eigenvalue weighted by Crippen LogP contribution is 2.37. The normalized spacial score (nSPS) is 13.0. The highest BCUT2D eigenvalue weighted by molar-refractivity contribution is 7.99. The molecule has 6 nitrogen and oxygen atoms in total. The first kappa shape index (κ1) is 20.0. The Labute approximate surface area is 181 Å². The number of fused-ring (bicyclic) bond motifs is 1. The minimum atomic E-state index is -0.152. The zero-order valence-electron chi connectivity index (χ0n) is 15.7. The van der Waals surface area contributed by atoms with Crippen LogP contribution in [0.2, 0.25) is 5.02 Å². The van der Waals surface area contributed by atoms with Crippen molar-refractivity contribution in [2.75, 3.05) is 11.1 Å². The standard InChI is InChI=1S/C20H18ClN5OS2/c1-26-18(12-6-8-13(21)9-7-12)24-25-20(26)28-11-17(27)23-19-15(10-22)14-4-2-3-5-16(14)29-19/h6-9H,2-5,11H2,1H3,(H,23,27). The van der Waals surface area contributed by atoms with E-state index in [9.17, 15) is 10.1 Å². The molecular formula is C20H18ClN5OS2. The van der Waals surface area contributed by atoms with Gasteiger partial charge in [0.2, 0.25) is 5.91 Å². The predicted molar refractivity (Wildman–Crippen MR) is 116 cm³/mol. The molecule has 9 heteroatoms. The first-order valence-electron chi connectivity index (χ1n) is 9.19. The second-order valence-electron chi connectivity index (χ2n) is 6.74. The molecule has 1 aliphatic carbocycles. The van der Waals surface area contributed by atoms with Crippen LogP contribution >= 0.6 is 34.7 Å². The maximum absolute atomic E-state index is 12.5.